The smallest absolute Gasteiger partial charge is 0.163 e. The number of nitrogens with one attached hydrogen (secondary N) is 2. The minimum Gasteiger partial charge on any atom is -0.343 e. The molecule has 0 aliphatic heterocycles. The Kier molecular flexibility index (Phi) is 3.47. The van der Waals surface area contributed by atoms with Crippen molar-refractivity contribution in [2.24, 2.45) is 0 Å². The van der Waals surface area contributed by atoms with Gasteiger partial charge in [-0.3, -0.25) is 5.10 Å². The second kappa shape index (κ2) is 5.22. The van der Waals surface area contributed by atoms with Crippen LogP contribution in [-0.2, 0) is 0 Å². The van der Waals surface area contributed by atoms with Crippen molar-refractivity contribution in [1.82, 2.24) is 10.2 Å². The molecule has 0 amide bonds. The zero-order chi connectivity index (χ0) is 13.8. The number of aromatic nitrogens is 2. The van der Waals surface area contributed by atoms with Crippen molar-refractivity contribution in [3.8, 4) is 18.2 Å². The van der Waals surface area contributed by atoms with Crippen molar-refractivity contribution in [2.45, 2.75) is 0 Å². The molecule has 0 atom stereocenters. The molecular weight excluding hydrogens is 308 g/mol. The third kappa shape index (κ3) is 2.26. The van der Waals surface area contributed by atoms with Gasteiger partial charge >= 0.3 is 0 Å². The molecular formula is C12H5BrN6. The highest BCUT2D eigenvalue weighted by Gasteiger charge is 2.11. The van der Waals surface area contributed by atoms with Crippen LogP contribution in [0, 0.1) is 34.0 Å². The van der Waals surface area contributed by atoms with Crippen molar-refractivity contribution >= 4 is 32.5 Å². The van der Waals surface area contributed by atoms with Gasteiger partial charge in [-0.1, -0.05) is 6.07 Å². The van der Waals surface area contributed by atoms with Crippen LogP contribution in [0.3, 0.4) is 0 Å². The number of aromatic amines is 1. The fourth-order valence-electron chi connectivity index (χ4n) is 1.52. The van der Waals surface area contributed by atoms with Crippen LogP contribution in [-0.4, -0.2) is 10.2 Å². The van der Waals surface area contributed by atoms with Crippen molar-refractivity contribution in [2.75, 3.05) is 5.32 Å². The summed E-state index contributed by atoms with van der Waals surface area (Å²) in [5, 5.41) is 37.0. The van der Waals surface area contributed by atoms with Crippen LogP contribution in [0.5, 0.6) is 0 Å². The molecule has 2 aromatic rings. The Hall–Kier alpha value is -2.82. The standard InChI is InChI=1S/C12H5BrN6/c13-12-8-2-1-3-9(11(8)18-19-12)17-10(6-16)7(4-14)5-15/h1-3,17H,(H,18,19). The first-order valence-corrected chi connectivity index (χ1v) is 5.84. The van der Waals surface area contributed by atoms with Gasteiger partial charge in [-0.25, -0.2) is 0 Å². The lowest BCUT2D eigenvalue weighted by atomic mass is 10.2. The molecule has 2 N–H and O–H groups in total. The van der Waals surface area contributed by atoms with Crippen LogP contribution in [0.4, 0.5) is 5.69 Å². The number of halogens is 1. The fraction of sp³-hybridized carbons (Fsp3) is 0. The number of nitriles is 3. The van der Waals surface area contributed by atoms with Gasteiger partial charge < -0.3 is 5.32 Å². The zero-order valence-corrected chi connectivity index (χ0v) is 11.0. The molecule has 1 heterocycles. The lowest BCUT2D eigenvalue weighted by molar-refractivity contribution is 1.10. The minimum atomic E-state index is -0.269. The Morgan fingerprint density at radius 1 is 1.21 bits per heavy atom. The van der Waals surface area contributed by atoms with Crippen LogP contribution in [0.25, 0.3) is 10.9 Å². The molecule has 0 radical (unpaired) electrons. The Morgan fingerprint density at radius 2 is 1.95 bits per heavy atom. The largest absolute Gasteiger partial charge is 0.343 e. The van der Waals surface area contributed by atoms with E-state index in [1.165, 1.54) is 0 Å². The van der Waals surface area contributed by atoms with Crippen molar-refractivity contribution in [3.63, 3.8) is 0 Å². The first-order valence-electron chi connectivity index (χ1n) is 5.05. The molecule has 0 aliphatic carbocycles. The normalized spacial score (nSPS) is 9.16. The third-order valence-corrected chi connectivity index (χ3v) is 2.99. The monoisotopic (exact) mass is 312 g/mol. The highest BCUT2D eigenvalue weighted by Crippen LogP contribution is 2.27. The summed E-state index contributed by atoms with van der Waals surface area (Å²) in [6.07, 6.45) is 0. The quantitative estimate of drug-likeness (QED) is 0.827. The van der Waals surface area contributed by atoms with E-state index < -0.39 is 0 Å². The molecule has 0 spiro atoms. The van der Waals surface area contributed by atoms with Gasteiger partial charge in [0.15, 0.2) is 5.57 Å². The highest BCUT2D eigenvalue weighted by atomic mass is 79.9. The van der Waals surface area contributed by atoms with Crippen molar-refractivity contribution in [3.05, 3.63) is 34.1 Å². The number of rotatable bonds is 2. The third-order valence-electron chi connectivity index (χ3n) is 2.38. The van der Waals surface area contributed by atoms with E-state index in [-0.39, 0.29) is 11.3 Å². The number of hydrogen-bond acceptors (Lipinski definition) is 5. The van der Waals surface area contributed by atoms with Crippen molar-refractivity contribution < 1.29 is 0 Å². The summed E-state index contributed by atoms with van der Waals surface area (Å²) in [7, 11) is 0. The number of H-pyrrole nitrogens is 1. The number of fused-ring (bicyclic) bond motifs is 1. The lowest BCUT2D eigenvalue weighted by Gasteiger charge is -2.04. The van der Waals surface area contributed by atoms with E-state index >= 15 is 0 Å². The van der Waals surface area contributed by atoms with E-state index in [1.54, 1.807) is 30.3 Å². The van der Waals surface area contributed by atoms with Gasteiger partial charge in [-0.05, 0) is 28.1 Å². The van der Waals surface area contributed by atoms with E-state index in [0.717, 1.165) is 9.99 Å². The second-order valence-corrected chi connectivity index (χ2v) is 4.24. The Morgan fingerprint density at radius 3 is 2.58 bits per heavy atom. The molecule has 7 heteroatoms. The summed E-state index contributed by atoms with van der Waals surface area (Å²) < 4.78 is 0.717. The Bertz CT molecular complexity index is 780. The molecule has 0 bridgehead atoms. The van der Waals surface area contributed by atoms with Crippen LogP contribution in [0.2, 0.25) is 0 Å². The minimum absolute atomic E-state index is 0.100. The molecule has 1 aromatic carbocycles. The first kappa shape index (κ1) is 12.6. The van der Waals surface area contributed by atoms with E-state index in [4.69, 9.17) is 15.8 Å². The molecule has 6 nitrogen and oxygen atoms in total. The highest BCUT2D eigenvalue weighted by molar-refractivity contribution is 9.10. The molecule has 1 aromatic heterocycles. The van der Waals surface area contributed by atoms with Crippen LogP contribution < -0.4 is 5.32 Å². The summed E-state index contributed by atoms with van der Waals surface area (Å²) in [5.74, 6) is 0. The lowest BCUT2D eigenvalue weighted by Crippen LogP contribution is -2.01. The van der Waals surface area contributed by atoms with E-state index in [1.807, 2.05) is 6.07 Å². The summed E-state index contributed by atoms with van der Waals surface area (Å²) in [6.45, 7) is 0. The SMILES string of the molecule is N#CC(C#N)=C(C#N)Nc1cccc2c(Br)[nH]nc12. The number of benzene rings is 1. The first-order chi connectivity index (χ1) is 9.21. The molecule has 90 valence electrons. The Balaban J connectivity index is 2.54. The maximum Gasteiger partial charge on any atom is 0.163 e. The average Bonchev–Trinajstić information content (AvgIpc) is 2.82. The predicted octanol–water partition coefficient (Wildman–Crippen LogP) is 2.56. The van der Waals surface area contributed by atoms with Crippen molar-refractivity contribution in [1.29, 1.82) is 15.8 Å². The van der Waals surface area contributed by atoms with Gasteiger partial charge in [0.2, 0.25) is 0 Å². The number of allylic oxidation sites excluding steroid dienone is 2. The zero-order valence-electron chi connectivity index (χ0n) is 9.40. The van der Waals surface area contributed by atoms with Gasteiger partial charge in [-0.15, -0.1) is 0 Å². The summed E-state index contributed by atoms with van der Waals surface area (Å²) >= 11 is 3.31. The van der Waals surface area contributed by atoms with Gasteiger partial charge in [-0.2, -0.15) is 20.9 Å². The number of hydrogen-bond donors (Lipinski definition) is 2. The van der Waals surface area contributed by atoms with Crippen LogP contribution in [0.1, 0.15) is 0 Å². The van der Waals surface area contributed by atoms with Gasteiger partial charge in [0, 0.05) is 5.39 Å². The molecule has 2 rings (SSSR count). The number of para-hydroxylation sites is 1. The van der Waals surface area contributed by atoms with Gasteiger partial charge in [0.25, 0.3) is 0 Å². The number of nitrogens with zero attached hydrogens (tertiary/aromatic N) is 4. The van der Waals surface area contributed by atoms with Crippen LogP contribution in [0.15, 0.2) is 34.1 Å². The van der Waals surface area contributed by atoms with E-state index in [2.05, 4.69) is 31.4 Å². The Labute approximate surface area is 116 Å². The van der Waals surface area contributed by atoms with Gasteiger partial charge in [0.1, 0.15) is 34.0 Å². The predicted molar refractivity (Wildman–Crippen MR) is 71.3 cm³/mol. The van der Waals surface area contributed by atoms with Gasteiger partial charge in [0.05, 0.1) is 5.69 Å². The molecule has 0 saturated heterocycles. The number of anilines is 1. The summed E-state index contributed by atoms with van der Waals surface area (Å²) in [6, 6.07) is 10.5. The molecule has 0 saturated carbocycles. The fourth-order valence-corrected chi connectivity index (χ4v) is 1.93. The molecule has 0 unspecified atom stereocenters. The molecule has 19 heavy (non-hydrogen) atoms. The molecule has 0 fully saturated rings. The van der Waals surface area contributed by atoms with Crippen LogP contribution >= 0.6 is 15.9 Å². The maximum atomic E-state index is 8.99. The average molecular weight is 313 g/mol. The topological polar surface area (TPSA) is 112 Å². The molecule has 0 aliphatic rings. The maximum absolute atomic E-state index is 8.99. The summed E-state index contributed by atoms with van der Waals surface area (Å²) in [4.78, 5) is 0. The van der Waals surface area contributed by atoms with E-state index in [9.17, 15) is 0 Å². The summed E-state index contributed by atoms with van der Waals surface area (Å²) in [5.41, 5.74) is 0.780. The second-order valence-electron chi connectivity index (χ2n) is 3.45. The van der Waals surface area contributed by atoms with E-state index in [0.29, 0.717) is 11.2 Å².